The maximum Gasteiger partial charge on any atom is 0.150 e. The highest BCUT2D eigenvalue weighted by molar-refractivity contribution is 14.2. The third kappa shape index (κ3) is 5.98. The van der Waals surface area contributed by atoms with Crippen molar-refractivity contribution in [2.45, 2.75) is 19.0 Å². The maximum absolute atomic E-state index is 14.4. The third-order valence-electron chi connectivity index (χ3n) is 3.98. The number of carbonyl (C=O) groups is 1. The fourth-order valence-corrected chi connectivity index (χ4v) is 3.75. The van der Waals surface area contributed by atoms with Gasteiger partial charge in [0.1, 0.15) is 17.5 Å². The topological polar surface area (TPSA) is 20.3 Å². The van der Waals surface area contributed by atoms with Crippen LogP contribution in [0.15, 0.2) is 34.8 Å². The van der Waals surface area contributed by atoms with Crippen molar-refractivity contribution in [1.82, 2.24) is 4.90 Å². The Morgan fingerprint density at radius 3 is 2.67 bits per heavy atom. The normalized spacial score (nSPS) is 11.8. The molecule has 0 heterocycles. The van der Waals surface area contributed by atoms with Crippen molar-refractivity contribution in [1.29, 1.82) is 0 Å². The number of halogens is 5. The van der Waals surface area contributed by atoms with Crippen LogP contribution in [-0.4, -0.2) is 18.2 Å². The molecule has 0 saturated carbocycles. The van der Waals surface area contributed by atoms with Gasteiger partial charge in [-0.25, -0.2) is 13.2 Å². The van der Waals surface area contributed by atoms with Crippen molar-refractivity contribution in [3.63, 3.8) is 0 Å². The van der Waals surface area contributed by atoms with Crippen molar-refractivity contribution in [3.8, 4) is 11.2 Å². The summed E-state index contributed by atoms with van der Waals surface area (Å²) < 4.78 is 42.8. The standard InChI is InChI=1S/C19H14BrF3INOS/c1-25(10-16-12(11-26)7-13(20)8-18(16)23)19(3-2-6-27-24)15-9-14(21)4-5-17(15)22/h4-5,7-9,11,19H,3,10H2,1H3. The van der Waals surface area contributed by atoms with Crippen molar-refractivity contribution in [3.05, 3.63) is 68.9 Å². The average molecular weight is 568 g/mol. The number of hydrogen-bond acceptors (Lipinski definition) is 3. The molecule has 2 rings (SSSR count). The van der Waals surface area contributed by atoms with E-state index in [1.807, 2.05) is 21.2 Å². The summed E-state index contributed by atoms with van der Waals surface area (Å²) in [7, 11) is 2.94. The van der Waals surface area contributed by atoms with Gasteiger partial charge in [0.05, 0.1) is 0 Å². The molecule has 0 N–H and O–H groups in total. The van der Waals surface area contributed by atoms with Gasteiger partial charge in [-0.2, -0.15) is 0 Å². The summed E-state index contributed by atoms with van der Waals surface area (Å²) in [5.74, 6) is 1.22. The van der Waals surface area contributed by atoms with Crippen LogP contribution in [0.3, 0.4) is 0 Å². The Kier molecular flexibility index (Phi) is 8.66. The molecule has 0 fully saturated rings. The second kappa shape index (κ2) is 10.5. The molecule has 0 aromatic heterocycles. The lowest BCUT2D eigenvalue weighted by Gasteiger charge is -2.28. The first-order valence-corrected chi connectivity index (χ1v) is 11.9. The van der Waals surface area contributed by atoms with Gasteiger partial charge in [-0.05, 0) is 51.6 Å². The lowest BCUT2D eigenvalue weighted by atomic mass is 10.00. The van der Waals surface area contributed by atoms with Crippen LogP contribution in [0.25, 0.3) is 0 Å². The van der Waals surface area contributed by atoms with Crippen molar-refractivity contribution in [2.75, 3.05) is 7.05 Å². The third-order valence-corrected chi connectivity index (χ3v) is 5.32. The summed E-state index contributed by atoms with van der Waals surface area (Å²) in [4.78, 5) is 13.0. The zero-order chi connectivity index (χ0) is 20.0. The minimum Gasteiger partial charge on any atom is -0.298 e. The van der Waals surface area contributed by atoms with E-state index in [2.05, 4.69) is 27.1 Å². The van der Waals surface area contributed by atoms with E-state index in [4.69, 9.17) is 0 Å². The molecule has 1 atom stereocenters. The van der Waals surface area contributed by atoms with Gasteiger partial charge in [-0.1, -0.05) is 21.9 Å². The monoisotopic (exact) mass is 567 g/mol. The summed E-state index contributed by atoms with van der Waals surface area (Å²) in [5, 5.41) is 2.82. The van der Waals surface area contributed by atoms with E-state index >= 15 is 0 Å². The Morgan fingerprint density at radius 1 is 1.26 bits per heavy atom. The fraction of sp³-hybridized carbons (Fsp3) is 0.211. The minimum atomic E-state index is -0.612. The summed E-state index contributed by atoms with van der Waals surface area (Å²) >= 11 is 5.17. The quantitative estimate of drug-likeness (QED) is 0.233. The van der Waals surface area contributed by atoms with Crippen molar-refractivity contribution in [2.24, 2.45) is 0 Å². The van der Waals surface area contributed by atoms with E-state index in [0.717, 1.165) is 18.2 Å². The molecule has 27 heavy (non-hydrogen) atoms. The summed E-state index contributed by atoms with van der Waals surface area (Å²) in [6, 6.07) is 5.39. The first-order valence-electron chi connectivity index (χ1n) is 7.71. The molecule has 2 aromatic rings. The molecule has 0 saturated heterocycles. The van der Waals surface area contributed by atoms with E-state index in [0.29, 0.717) is 10.8 Å². The molecule has 142 valence electrons. The number of benzene rings is 2. The van der Waals surface area contributed by atoms with Gasteiger partial charge in [0.25, 0.3) is 0 Å². The molecule has 1 unspecified atom stereocenters. The maximum atomic E-state index is 14.4. The number of nitrogens with zero attached hydrogens (tertiary/aromatic N) is 1. The highest BCUT2D eigenvalue weighted by Gasteiger charge is 2.23. The molecule has 0 spiro atoms. The number of carbonyl (C=O) groups excluding carboxylic acids is 1. The Bertz CT molecular complexity index is 900. The number of hydrogen-bond donors (Lipinski definition) is 0. The lowest BCUT2D eigenvalue weighted by Crippen LogP contribution is -2.26. The van der Waals surface area contributed by atoms with E-state index in [1.54, 1.807) is 11.9 Å². The zero-order valence-electron chi connectivity index (χ0n) is 14.1. The SMILES string of the molecule is CN(Cc1c(F)cc(Br)cc1C=O)C(CC#CSI)c1cc(F)ccc1F. The molecule has 0 aliphatic rings. The van der Waals surface area contributed by atoms with Crippen LogP contribution < -0.4 is 0 Å². The molecule has 0 radical (unpaired) electrons. The minimum absolute atomic E-state index is 0.0346. The molecule has 0 bridgehead atoms. The van der Waals surface area contributed by atoms with Gasteiger partial charge in [0, 0.05) is 61.4 Å². The van der Waals surface area contributed by atoms with Crippen LogP contribution in [0, 0.1) is 28.6 Å². The molecule has 0 aliphatic heterocycles. The fourth-order valence-electron chi connectivity index (χ4n) is 2.69. The van der Waals surface area contributed by atoms with Crippen LogP contribution in [0.4, 0.5) is 13.2 Å². The van der Waals surface area contributed by atoms with Crippen LogP contribution >= 0.6 is 46.1 Å². The number of aldehydes is 1. The highest BCUT2D eigenvalue weighted by atomic mass is 127. The smallest absolute Gasteiger partial charge is 0.150 e. The second-order valence-corrected chi connectivity index (χ2v) is 8.33. The predicted molar refractivity (Wildman–Crippen MR) is 114 cm³/mol. The van der Waals surface area contributed by atoms with Crippen LogP contribution in [0.1, 0.15) is 33.9 Å². The average Bonchev–Trinajstić information content (AvgIpc) is 2.63. The van der Waals surface area contributed by atoms with Gasteiger partial charge < -0.3 is 0 Å². The molecule has 8 heteroatoms. The van der Waals surface area contributed by atoms with Crippen LogP contribution in [-0.2, 0) is 6.54 Å². The first kappa shape index (κ1) is 22.3. The molecule has 0 amide bonds. The lowest BCUT2D eigenvalue weighted by molar-refractivity contribution is 0.112. The van der Waals surface area contributed by atoms with Gasteiger partial charge >= 0.3 is 0 Å². The summed E-state index contributed by atoms with van der Waals surface area (Å²) in [6.07, 6.45) is 0.794. The van der Waals surface area contributed by atoms with Crippen molar-refractivity contribution >= 4 is 52.4 Å². The zero-order valence-corrected chi connectivity index (χ0v) is 18.7. The van der Waals surface area contributed by atoms with E-state index in [1.165, 1.54) is 21.1 Å². The largest absolute Gasteiger partial charge is 0.298 e. The van der Waals surface area contributed by atoms with Crippen LogP contribution in [0.5, 0.6) is 0 Å². The van der Waals surface area contributed by atoms with Gasteiger partial charge in [-0.3, -0.25) is 9.69 Å². The van der Waals surface area contributed by atoms with E-state index in [-0.39, 0.29) is 29.7 Å². The van der Waals surface area contributed by atoms with Gasteiger partial charge in [0.2, 0.25) is 0 Å². The summed E-state index contributed by atoms with van der Waals surface area (Å²) in [6.45, 7) is 0.0346. The number of rotatable bonds is 6. The Labute approximate surface area is 180 Å². The van der Waals surface area contributed by atoms with Crippen LogP contribution in [0.2, 0.25) is 0 Å². The highest BCUT2D eigenvalue weighted by Crippen LogP contribution is 2.29. The van der Waals surface area contributed by atoms with Gasteiger partial charge in [0.15, 0.2) is 6.29 Å². The summed E-state index contributed by atoms with van der Waals surface area (Å²) in [5.41, 5.74) is 0.519. The predicted octanol–water partition coefficient (Wildman–Crippen LogP) is 6.29. The molecular formula is C19H14BrF3INOS. The Balaban J connectivity index is 2.41. The van der Waals surface area contributed by atoms with E-state index < -0.39 is 23.5 Å². The second-order valence-electron chi connectivity index (χ2n) is 5.73. The Morgan fingerprint density at radius 2 is 2.00 bits per heavy atom. The van der Waals surface area contributed by atoms with E-state index in [9.17, 15) is 18.0 Å². The van der Waals surface area contributed by atoms with Gasteiger partial charge in [-0.15, -0.1) is 0 Å². The Hall–Kier alpha value is -1.02. The molecule has 2 nitrogen and oxygen atoms in total. The molecule has 2 aromatic carbocycles. The first-order chi connectivity index (χ1) is 12.9. The molecular weight excluding hydrogens is 554 g/mol. The van der Waals surface area contributed by atoms with Crippen molar-refractivity contribution < 1.29 is 18.0 Å². The molecule has 0 aliphatic carbocycles.